The minimum absolute atomic E-state index is 0.0931. The molecule has 0 saturated carbocycles. The molecular formula is C14H21N3O2. The number of piperazine rings is 1. The number of carboxylic acids is 1. The van der Waals surface area contributed by atoms with E-state index >= 15 is 0 Å². The van der Waals surface area contributed by atoms with E-state index in [-0.39, 0.29) is 12.5 Å². The first-order valence-corrected chi connectivity index (χ1v) is 6.61. The predicted molar refractivity (Wildman–Crippen MR) is 72.8 cm³/mol. The van der Waals surface area contributed by atoms with Gasteiger partial charge in [-0.1, -0.05) is 0 Å². The quantitative estimate of drug-likeness (QED) is 0.880. The Balaban J connectivity index is 2.01. The Hall–Kier alpha value is -1.46. The van der Waals surface area contributed by atoms with Gasteiger partial charge >= 0.3 is 5.97 Å². The largest absolute Gasteiger partial charge is 0.481 e. The molecule has 2 atom stereocenters. The number of aliphatic carboxylic acids is 1. The molecule has 2 unspecified atom stereocenters. The maximum atomic E-state index is 10.9. The van der Waals surface area contributed by atoms with Gasteiger partial charge in [0.1, 0.15) is 0 Å². The Kier molecular flexibility index (Phi) is 4.50. The SMILES string of the molecule is CC1CN(C)C(CC(=O)O)CN1Cc1ccncc1. The van der Waals surface area contributed by atoms with E-state index in [4.69, 9.17) is 5.11 Å². The molecule has 2 rings (SSSR count). The maximum Gasteiger partial charge on any atom is 0.304 e. The zero-order valence-corrected chi connectivity index (χ0v) is 11.5. The molecule has 1 saturated heterocycles. The number of carboxylic acid groups (broad SMARTS) is 1. The highest BCUT2D eigenvalue weighted by molar-refractivity contribution is 5.67. The fourth-order valence-corrected chi connectivity index (χ4v) is 2.64. The Morgan fingerprint density at radius 1 is 1.42 bits per heavy atom. The van der Waals surface area contributed by atoms with Crippen LogP contribution in [0.2, 0.25) is 0 Å². The van der Waals surface area contributed by atoms with Crippen LogP contribution < -0.4 is 0 Å². The second-order valence-electron chi connectivity index (χ2n) is 5.33. The lowest BCUT2D eigenvalue weighted by Gasteiger charge is -2.43. The van der Waals surface area contributed by atoms with Crippen LogP contribution in [0, 0.1) is 0 Å². The van der Waals surface area contributed by atoms with Gasteiger partial charge in [-0.05, 0) is 31.7 Å². The van der Waals surface area contributed by atoms with Gasteiger partial charge in [0.2, 0.25) is 0 Å². The van der Waals surface area contributed by atoms with Gasteiger partial charge in [-0.2, -0.15) is 0 Å². The van der Waals surface area contributed by atoms with Crippen LogP contribution in [0.25, 0.3) is 0 Å². The first-order chi connectivity index (χ1) is 9.06. The summed E-state index contributed by atoms with van der Waals surface area (Å²) in [5.74, 6) is -0.727. The molecular weight excluding hydrogens is 242 g/mol. The minimum atomic E-state index is -0.727. The molecule has 5 heteroatoms. The van der Waals surface area contributed by atoms with Crippen molar-refractivity contribution in [1.29, 1.82) is 0 Å². The molecule has 1 aromatic rings. The molecule has 5 nitrogen and oxygen atoms in total. The highest BCUT2D eigenvalue weighted by atomic mass is 16.4. The standard InChI is InChI=1S/C14H21N3O2/c1-11-8-16(2)13(7-14(18)19)10-17(11)9-12-3-5-15-6-4-12/h3-6,11,13H,7-10H2,1-2H3,(H,18,19). The molecule has 1 aromatic heterocycles. The summed E-state index contributed by atoms with van der Waals surface area (Å²) in [5.41, 5.74) is 1.22. The third-order valence-electron chi connectivity index (χ3n) is 3.79. The lowest BCUT2D eigenvalue weighted by molar-refractivity contribution is -0.139. The van der Waals surface area contributed by atoms with Gasteiger partial charge in [-0.3, -0.25) is 14.7 Å². The Morgan fingerprint density at radius 3 is 2.74 bits per heavy atom. The highest BCUT2D eigenvalue weighted by Gasteiger charge is 2.30. The van der Waals surface area contributed by atoms with Crippen LogP contribution in [-0.4, -0.2) is 58.1 Å². The number of nitrogens with zero attached hydrogens (tertiary/aromatic N) is 3. The average Bonchev–Trinajstić information content (AvgIpc) is 2.36. The maximum absolute atomic E-state index is 10.9. The fourth-order valence-electron chi connectivity index (χ4n) is 2.64. The minimum Gasteiger partial charge on any atom is -0.481 e. The molecule has 1 N–H and O–H groups in total. The molecule has 19 heavy (non-hydrogen) atoms. The number of hydrogen-bond donors (Lipinski definition) is 1. The molecule has 1 fully saturated rings. The molecule has 0 amide bonds. The Morgan fingerprint density at radius 2 is 2.11 bits per heavy atom. The van der Waals surface area contributed by atoms with Gasteiger partial charge in [-0.15, -0.1) is 0 Å². The predicted octanol–water partition coefficient (Wildman–Crippen LogP) is 1.06. The third kappa shape index (κ3) is 3.75. The lowest BCUT2D eigenvalue weighted by atomic mass is 10.0. The van der Waals surface area contributed by atoms with E-state index in [2.05, 4.69) is 21.7 Å². The number of pyridine rings is 1. The van der Waals surface area contributed by atoms with Gasteiger partial charge in [0.25, 0.3) is 0 Å². The topological polar surface area (TPSA) is 56.7 Å². The summed E-state index contributed by atoms with van der Waals surface area (Å²) in [4.78, 5) is 19.4. The fraction of sp³-hybridized carbons (Fsp3) is 0.571. The van der Waals surface area contributed by atoms with Gasteiger partial charge in [0.15, 0.2) is 0 Å². The van der Waals surface area contributed by atoms with Crippen molar-refractivity contribution in [2.45, 2.75) is 32.0 Å². The van der Waals surface area contributed by atoms with Crippen LogP contribution in [-0.2, 0) is 11.3 Å². The zero-order valence-electron chi connectivity index (χ0n) is 11.5. The Bertz CT molecular complexity index is 424. The second kappa shape index (κ2) is 6.12. The van der Waals surface area contributed by atoms with Crippen molar-refractivity contribution in [3.63, 3.8) is 0 Å². The molecule has 0 radical (unpaired) electrons. The van der Waals surface area contributed by atoms with E-state index in [1.165, 1.54) is 5.56 Å². The van der Waals surface area contributed by atoms with Crippen LogP contribution in [0.5, 0.6) is 0 Å². The molecule has 1 aliphatic heterocycles. The van der Waals surface area contributed by atoms with E-state index < -0.39 is 5.97 Å². The summed E-state index contributed by atoms with van der Waals surface area (Å²) in [7, 11) is 2.01. The van der Waals surface area contributed by atoms with Crippen molar-refractivity contribution >= 4 is 5.97 Å². The molecule has 1 aliphatic rings. The van der Waals surface area contributed by atoms with Gasteiger partial charge in [0, 0.05) is 44.1 Å². The third-order valence-corrected chi connectivity index (χ3v) is 3.79. The molecule has 104 valence electrons. The number of likely N-dealkylation sites (N-methyl/N-ethyl adjacent to an activating group) is 1. The second-order valence-corrected chi connectivity index (χ2v) is 5.33. The molecule has 0 aromatic carbocycles. The van der Waals surface area contributed by atoms with Crippen molar-refractivity contribution < 1.29 is 9.90 Å². The van der Waals surface area contributed by atoms with Crippen molar-refractivity contribution in [2.24, 2.45) is 0 Å². The van der Waals surface area contributed by atoms with Gasteiger partial charge in [-0.25, -0.2) is 0 Å². The van der Waals surface area contributed by atoms with E-state index in [1.54, 1.807) is 12.4 Å². The van der Waals surface area contributed by atoms with Crippen LogP contribution in [0.3, 0.4) is 0 Å². The molecule has 0 bridgehead atoms. The monoisotopic (exact) mass is 263 g/mol. The van der Waals surface area contributed by atoms with Crippen molar-refractivity contribution in [1.82, 2.24) is 14.8 Å². The molecule has 0 spiro atoms. The number of rotatable bonds is 4. The number of aromatic nitrogens is 1. The van der Waals surface area contributed by atoms with Crippen LogP contribution >= 0.6 is 0 Å². The van der Waals surface area contributed by atoms with Gasteiger partial charge < -0.3 is 10.0 Å². The zero-order chi connectivity index (χ0) is 13.8. The van der Waals surface area contributed by atoms with E-state index in [1.807, 2.05) is 19.2 Å². The molecule has 2 heterocycles. The van der Waals surface area contributed by atoms with Crippen molar-refractivity contribution in [3.8, 4) is 0 Å². The average molecular weight is 263 g/mol. The summed E-state index contributed by atoms with van der Waals surface area (Å²) >= 11 is 0. The number of hydrogen-bond acceptors (Lipinski definition) is 4. The first-order valence-electron chi connectivity index (χ1n) is 6.61. The summed E-state index contributed by atoms with van der Waals surface area (Å²) in [6, 6.07) is 4.55. The van der Waals surface area contributed by atoms with E-state index in [0.717, 1.165) is 19.6 Å². The Labute approximate surface area is 113 Å². The normalized spacial score (nSPS) is 25.4. The summed E-state index contributed by atoms with van der Waals surface area (Å²) in [6.45, 7) is 4.75. The van der Waals surface area contributed by atoms with Crippen LogP contribution in [0.15, 0.2) is 24.5 Å². The number of carbonyl (C=O) groups is 1. The van der Waals surface area contributed by atoms with Crippen molar-refractivity contribution in [2.75, 3.05) is 20.1 Å². The first kappa shape index (κ1) is 14.0. The summed E-state index contributed by atoms with van der Waals surface area (Å²) in [6.07, 6.45) is 3.80. The molecule has 0 aliphatic carbocycles. The van der Waals surface area contributed by atoms with Crippen LogP contribution in [0.4, 0.5) is 0 Å². The highest BCUT2D eigenvalue weighted by Crippen LogP contribution is 2.18. The van der Waals surface area contributed by atoms with Crippen LogP contribution in [0.1, 0.15) is 18.9 Å². The van der Waals surface area contributed by atoms with Crippen molar-refractivity contribution in [3.05, 3.63) is 30.1 Å². The summed E-state index contributed by atoms with van der Waals surface area (Å²) < 4.78 is 0. The summed E-state index contributed by atoms with van der Waals surface area (Å²) in [5, 5.41) is 8.97. The smallest absolute Gasteiger partial charge is 0.304 e. The lowest BCUT2D eigenvalue weighted by Crippen LogP contribution is -2.55. The van der Waals surface area contributed by atoms with E-state index in [0.29, 0.717) is 6.04 Å². The van der Waals surface area contributed by atoms with E-state index in [9.17, 15) is 4.79 Å². The van der Waals surface area contributed by atoms with Gasteiger partial charge in [0.05, 0.1) is 6.42 Å².